The molecule has 5 nitrogen and oxygen atoms in total. The van der Waals surface area contributed by atoms with Crippen molar-refractivity contribution in [3.8, 4) is 5.75 Å². The summed E-state index contributed by atoms with van der Waals surface area (Å²) in [7, 11) is -2.44. The number of nitrogens with zero attached hydrogens (tertiary/aromatic N) is 1. The predicted octanol–water partition coefficient (Wildman–Crippen LogP) is 4.07. The molecule has 9 heteroatoms. The molecule has 0 aliphatic carbocycles. The fourth-order valence-corrected chi connectivity index (χ4v) is 3.92. The van der Waals surface area contributed by atoms with Crippen LogP contribution in [0.4, 0.5) is 5.69 Å². The third-order valence-electron chi connectivity index (χ3n) is 2.47. The van der Waals surface area contributed by atoms with E-state index < -0.39 is 10.0 Å². The van der Waals surface area contributed by atoms with E-state index in [0.29, 0.717) is 20.4 Å². The lowest BCUT2D eigenvalue weighted by atomic mass is 10.3. The zero-order valence-corrected chi connectivity index (χ0v) is 15.3. The van der Waals surface area contributed by atoms with Gasteiger partial charge in [-0.05, 0) is 40.2 Å². The minimum Gasteiger partial charge on any atom is -0.495 e. The van der Waals surface area contributed by atoms with Gasteiger partial charge in [0.2, 0.25) is 0 Å². The number of methoxy groups -OCH3 is 1. The van der Waals surface area contributed by atoms with E-state index in [0.717, 1.165) is 0 Å². The molecule has 1 aromatic carbocycles. The van der Waals surface area contributed by atoms with E-state index in [4.69, 9.17) is 16.3 Å². The molecule has 1 N–H and O–H groups in total. The van der Waals surface area contributed by atoms with Crippen LogP contribution in [0.5, 0.6) is 5.75 Å². The third-order valence-corrected chi connectivity index (χ3v) is 5.19. The Hall–Kier alpha value is -0.830. The molecular formula is C12H9Br2ClN2O3S. The monoisotopic (exact) mass is 454 g/mol. The maximum atomic E-state index is 12.4. The summed E-state index contributed by atoms with van der Waals surface area (Å²) in [5.74, 6) is 0.390. The summed E-state index contributed by atoms with van der Waals surface area (Å²) >= 11 is 12.3. The highest BCUT2D eigenvalue weighted by molar-refractivity contribution is 9.10. The number of aromatic nitrogens is 1. The number of hydrogen-bond donors (Lipinski definition) is 1. The van der Waals surface area contributed by atoms with Crippen LogP contribution < -0.4 is 9.46 Å². The molecule has 2 rings (SSSR count). The van der Waals surface area contributed by atoms with Gasteiger partial charge in [-0.2, -0.15) is 0 Å². The van der Waals surface area contributed by atoms with Gasteiger partial charge in [-0.1, -0.05) is 27.5 Å². The molecule has 0 bridgehead atoms. The van der Waals surface area contributed by atoms with Crippen molar-refractivity contribution in [3.05, 3.63) is 44.6 Å². The Kier molecular flexibility index (Phi) is 5.13. The van der Waals surface area contributed by atoms with Crippen molar-refractivity contribution in [1.29, 1.82) is 0 Å². The Morgan fingerprint density at radius 3 is 2.62 bits per heavy atom. The molecule has 2 aromatic rings. The Labute approximate surface area is 144 Å². The minimum absolute atomic E-state index is 0.111. The first kappa shape index (κ1) is 16.5. The maximum absolute atomic E-state index is 12.4. The molecule has 0 fully saturated rings. The van der Waals surface area contributed by atoms with E-state index in [9.17, 15) is 8.42 Å². The number of anilines is 1. The lowest BCUT2D eigenvalue weighted by molar-refractivity contribution is 0.417. The second-order valence-electron chi connectivity index (χ2n) is 3.89. The molecule has 0 aliphatic rings. The maximum Gasteiger partial charge on any atom is 0.265 e. The molecule has 0 unspecified atom stereocenters. The highest BCUT2D eigenvalue weighted by atomic mass is 79.9. The lowest BCUT2D eigenvalue weighted by Gasteiger charge is -2.13. The van der Waals surface area contributed by atoms with Gasteiger partial charge in [0.15, 0.2) is 0 Å². The van der Waals surface area contributed by atoms with Crippen LogP contribution in [0.15, 0.2) is 44.3 Å². The zero-order valence-electron chi connectivity index (χ0n) is 10.6. The van der Waals surface area contributed by atoms with E-state index in [1.807, 2.05) is 0 Å². The first-order chi connectivity index (χ1) is 9.83. The van der Waals surface area contributed by atoms with E-state index in [2.05, 4.69) is 41.6 Å². The molecule has 0 aliphatic heterocycles. The van der Waals surface area contributed by atoms with Gasteiger partial charge in [0.1, 0.15) is 15.8 Å². The summed E-state index contributed by atoms with van der Waals surface area (Å²) < 4.78 is 33.6. The van der Waals surface area contributed by atoms with Crippen molar-refractivity contribution >= 4 is 59.2 Å². The first-order valence-electron chi connectivity index (χ1n) is 5.51. The van der Waals surface area contributed by atoms with Crippen molar-refractivity contribution in [3.63, 3.8) is 0 Å². The fourth-order valence-electron chi connectivity index (χ4n) is 1.55. The number of nitrogens with one attached hydrogen (secondary N) is 1. The molecule has 0 spiro atoms. The summed E-state index contributed by atoms with van der Waals surface area (Å²) in [6.45, 7) is 0. The largest absolute Gasteiger partial charge is 0.495 e. The van der Waals surface area contributed by atoms with Gasteiger partial charge in [-0.15, -0.1) is 0 Å². The summed E-state index contributed by atoms with van der Waals surface area (Å²) in [5.41, 5.74) is 0.294. The number of rotatable bonds is 4. The van der Waals surface area contributed by atoms with Crippen molar-refractivity contribution in [2.75, 3.05) is 11.8 Å². The van der Waals surface area contributed by atoms with Crippen LogP contribution in [0.2, 0.25) is 5.15 Å². The molecule has 112 valence electrons. The van der Waals surface area contributed by atoms with Crippen molar-refractivity contribution in [2.24, 2.45) is 0 Å². The molecule has 1 aromatic heterocycles. The van der Waals surface area contributed by atoms with Crippen molar-refractivity contribution < 1.29 is 13.2 Å². The smallest absolute Gasteiger partial charge is 0.265 e. The van der Waals surface area contributed by atoms with Gasteiger partial charge in [-0.3, -0.25) is 4.72 Å². The molecule has 21 heavy (non-hydrogen) atoms. The number of ether oxygens (including phenoxy) is 1. The Bertz CT molecular complexity index is 784. The molecule has 0 amide bonds. The van der Waals surface area contributed by atoms with Gasteiger partial charge in [0, 0.05) is 15.1 Å². The number of sulfonamides is 1. The van der Waals surface area contributed by atoms with Gasteiger partial charge in [0.25, 0.3) is 10.0 Å². The summed E-state index contributed by atoms with van der Waals surface area (Å²) in [6, 6.07) is 6.35. The summed E-state index contributed by atoms with van der Waals surface area (Å²) in [5, 5.41) is -0.111. The van der Waals surface area contributed by atoms with E-state index in [-0.39, 0.29) is 10.0 Å². The molecule has 0 saturated carbocycles. The predicted molar refractivity (Wildman–Crippen MR) is 88.4 cm³/mol. The van der Waals surface area contributed by atoms with Gasteiger partial charge in [0.05, 0.1) is 12.8 Å². The normalized spacial score (nSPS) is 11.2. The molecular weight excluding hydrogens is 447 g/mol. The number of pyridine rings is 1. The number of hydrogen-bond acceptors (Lipinski definition) is 4. The molecule has 1 heterocycles. The average molecular weight is 457 g/mol. The van der Waals surface area contributed by atoms with Crippen molar-refractivity contribution in [1.82, 2.24) is 4.98 Å². The standard InChI is InChI=1S/C12H9Br2ClN2O3S/c1-20-10-3-2-7(13)4-9(10)17-21(18,19)11-5-8(14)6-16-12(11)15/h2-6,17H,1H3. The highest BCUT2D eigenvalue weighted by Gasteiger charge is 2.21. The van der Waals surface area contributed by atoms with Crippen LogP contribution in [0.1, 0.15) is 0 Å². The van der Waals surface area contributed by atoms with Crippen LogP contribution in [0, 0.1) is 0 Å². The summed E-state index contributed by atoms with van der Waals surface area (Å²) in [4.78, 5) is 3.68. The quantitative estimate of drug-likeness (QED) is 0.705. The van der Waals surface area contributed by atoms with E-state index >= 15 is 0 Å². The SMILES string of the molecule is COc1ccc(Br)cc1NS(=O)(=O)c1cc(Br)cnc1Cl. The Morgan fingerprint density at radius 2 is 1.95 bits per heavy atom. The van der Waals surface area contributed by atoms with Crippen LogP contribution in [-0.4, -0.2) is 20.5 Å². The van der Waals surface area contributed by atoms with Gasteiger partial charge >= 0.3 is 0 Å². The van der Waals surface area contributed by atoms with E-state index in [1.165, 1.54) is 19.4 Å². The van der Waals surface area contributed by atoms with Gasteiger partial charge in [-0.25, -0.2) is 13.4 Å². The molecule has 0 saturated heterocycles. The fraction of sp³-hybridized carbons (Fsp3) is 0.0833. The minimum atomic E-state index is -3.89. The lowest BCUT2D eigenvalue weighted by Crippen LogP contribution is -2.14. The highest BCUT2D eigenvalue weighted by Crippen LogP contribution is 2.31. The van der Waals surface area contributed by atoms with E-state index in [1.54, 1.807) is 18.2 Å². The van der Waals surface area contributed by atoms with Crippen LogP contribution in [0.3, 0.4) is 0 Å². The Morgan fingerprint density at radius 1 is 1.24 bits per heavy atom. The van der Waals surface area contributed by atoms with Crippen LogP contribution in [-0.2, 0) is 10.0 Å². The summed E-state index contributed by atoms with van der Waals surface area (Å²) in [6.07, 6.45) is 1.42. The molecule has 0 atom stereocenters. The van der Waals surface area contributed by atoms with Crippen LogP contribution >= 0.6 is 43.5 Å². The van der Waals surface area contributed by atoms with Crippen molar-refractivity contribution in [2.45, 2.75) is 4.90 Å². The number of benzene rings is 1. The second-order valence-corrected chi connectivity index (χ2v) is 7.73. The number of halogens is 3. The van der Waals surface area contributed by atoms with Gasteiger partial charge < -0.3 is 4.74 Å². The van der Waals surface area contributed by atoms with Crippen LogP contribution in [0.25, 0.3) is 0 Å². The molecule has 0 radical (unpaired) electrons. The second kappa shape index (κ2) is 6.51. The topological polar surface area (TPSA) is 68.3 Å². The zero-order chi connectivity index (χ0) is 15.6. The first-order valence-corrected chi connectivity index (χ1v) is 8.95. The Balaban J connectivity index is 2.47. The average Bonchev–Trinajstić information content (AvgIpc) is 2.41. The third kappa shape index (κ3) is 3.88.